The minimum absolute atomic E-state index is 1.44. The van der Waals surface area contributed by atoms with Crippen molar-refractivity contribution in [2.24, 2.45) is 0 Å². The number of benzene rings is 2. The zero-order valence-corrected chi connectivity index (χ0v) is 12.5. The average molecular weight is 340 g/mol. The Bertz CT molecular complexity index is 529. The standard InChI is InChI=1S/C14H14IP/c1-16(2,15)13-9-5-3-7-11(13)12-8-4-6-10-14(12)16/h3-10H,1-2H3. The van der Waals surface area contributed by atoms with Gasteiger partial charge in [0.15, 0.2) is 0 Å². The minimum atomic E-state index is -1.89. The van der Waals surface area contributed by atoms with Gasteiger partial charge in [-0.2, -0.15) is 0 Å². The van der Waals surface area contributed by atoms with Crippen LogP contribution in [0.25, 0.3) is 11.1 Å². The van der Waals surface area contributed by atoms with Crippen LogP contribution in [0.2, 0.25) is 0 Å². The van der Waals surface area contributed by atoms with Crippen LogP contribution in [0, 0.1) is 0 Å². The summed E-state index contributed by atoms with van der Waals surface area (Å²) in [6, 6.07) is 17.7. The molecule has 0 radical (unpaired) electrons. The van der Waals surface area contributed by atoms with Gasteiger partial charge in [0, 0.05) is 0 Å². The van der Waals surface area contributed by atoms with Gasteiger partial charge in [-0.05, 0) is 0 Å². The first kappa shape index (κ1) is 10.7. The Balaban J connectivity index is 2.50. The van der Waals surface area contributed by atoms with Gasteiger partial charge < -0.3 is 0 Å². The van der Waals surface area contributed by atoms with E-state index >= 15 is 0 Å². The van der Waals surface area contributed by atoms with E-state index in [2.05, 4.69) is 83.9 Å². The molecule has 0 spiro atoms. The van der Waals surface area contributed by atoms with Crippen molar-refractivity contribution < 1.29 is 0 Å². The first-order valence-corrected chi connectivity index (χ1v) is 11.3. The average Bonchev–Trinajstić information content (AvgIpc) is 2.47. The van der Waals surface area contributed by atoms with E-state index in [1.807, 2.05) is 0 Å². The fraction of sp³-hybridized carbons (Fsp3) is 0.143. The zero-order chi connectivity index (χ0) is 11.4. The van der Waals surface area contributed by atoms with Gasteiger partial charge in [0.2, 0.25) is 0 Å². The SMILES string of the molecule is CP1(C)(I)c2ccccc2-c2ccccc21. The van der Waals surface area contributed by atoms with Crippen molar-refractivity contribution in [3.63, 3.8) is 0 Å². The van der Waals surface area contributed by atoms with Gasteiger partial charge in [-0.3, -0.25) is 0 Å². The van der Waals surface area contributed by atoms with E-state index in [0.717, 1.165) is 0 Å². The topological polar surface area (TPSA) is 0 Å². The molecule has 0 unspecified atom stereocenters. The van der Waals surface area contributed by atoms with Gasteiger partial charge in [0.25, 0.3) is 0 Å². The molecule has 0 atom stereocenters. The fourth-order valence-electron chi connectivity index (χ4n) is 2.65. The summed E-state index contributed by atoms with van der Waals surface area (Å²) in [6.07, 6.45) is 0. The van der Waals surface area contributed by atoms with Gasteiger partial charge in [-0.1, -0.05) is 0 Å². The summed E-state index contributed by atoms with van der Waals surface area (Å²) in [4.78, 5) is 0. The van der Waals surface area contributed by atoms with E-state index in [4.69, 9.17) is 0 Å². The van der Waals surface area contributed by atoms with E-state index in [1.165, 1.54) is 11.1 Å². The fourth-order valence-corrected chi connectivity index (χ4v) is 8.25. The van der Waals surface area contributed by atoms with Crippen LogP contribution in [0.4, 0.5) is 0 Å². The third kappa shape index (κ3) is 1.25. The summed E-state index contributed by atoms with van der Waals surface area (Å²) < 4.78 is -1.89. The van der Waals surface area contributed by atoms with Crippen molar-refractivity contribution in [3.8, 4) is 11.1 Å². The molecule has 2 aromatic carbocycles. The molecule has 0 bridgehead atoms. The molecule has 2 aromatic rings. The van der Waals surface area contributed by atoms with Crippen LogP contribution >= 0.6 is 26.3 Å². The van der Waals surface area contributed by atoms with Crippen LogP contribution in [0.5, 0.6) is 0 Å². The van der Waals surface area contributed by atoms with Crippen LogP contribution in [0.3, 0.4) is 0 Å². The Morgan fingerprint density at radius 3 is 1.56 bits per heavy atom. The summed E-state index contributed by atoms with van der Waals surface area (Å²) >= 11 is 2.71. The second kappa shape index (κ2) is 3.08. The van der Waals surface area contributed by atoms with Crippen LogP contribution < -0.4 is 10.6 Å². The Hall–Kier alpha value is -0.400. The molecule has 16 heavy (non-hydrogen) atoms. The summed E-state index contributed by atoms with van der Waals surface area (Å²) in [5.41, 5.74) is 2.88. The van der Waals surface area contributed by atoms with Gasteiger partial charge in [-0.25, -0.2) is 0 Å². The zero-order valence-electron chi connectivity index (χ0n) is 9.44. The Kier molecular flexibility index (Phi) is 2.07. The van der Waals surface area contributed by atoms with E-state index in [0.29, 0.717) is 0 Å². The summed E-state index contributed by atoms with van der Waals surface area (Å²) in [5.74, 6) is 0. The first-order valence-electron chi connectivity index (χ1n) is 5.42. The predicted octanol–water partition coefficient (Wildman–Crippen LogP) is 3.78. The van der Waals surface area contributed by atoms with Gasteiger partial charge in [0.1, 0.15) is 0 Å². The summed E-state index contributed by atoms with van der Waals surface area (Å²) in [5, 5.41) is 3.10. The molecule has 0 saturated heterocycles. The maximum atomic E-state index is 2.71. The number of rotatable bonds is 0. The van der Waals surface area contributed by atoms with Gasteiger partial charge in [0.05, 0.1) is 0 Å². The molecule has 2 heteroatoms. The molecule has 0 nitrogen and oxygen atoms in total. The van der Waals surface area contributed by atoms with Crippen molar-refractivity contribution in [2.75, 3.05) is 13.3 Å². The molecular weight excluding hydrogens is 326 g/mol. The molecule has 0 fully saturated rings. The van der Waals surface area contributed by atoms with Crippen LogP contribution in [-0.2, 0) is 0 Å². The number of fused-ring (bicyclic) bond motifs is 3. The Morgan fingerprint density at radius 2 is 1.12 bits per heavy atom. The molecule has 3 rings (SSSR count). The van der Waals surface area contributed by atoms with Crippen molar-refractivity contribution in [2.45, 2.75) is 0 Å². The van der Waals surface area contributed by atoms with Crippen LogP contribution in [-0.4, -0.2) is 13.3 Å². The molecule has 1 aliphatic heterocycles. The van der Waals surface area contributed by atoms with Crippen molar-refractivity contribution in [1.29, 1.82) is 0 Å². The molecule has 1 aliphatic rings. The molecule has 0 aromatic heterocycles. The first-order chi connectivity index (χ1) is 7.49. The molecule has 1 heterocycles. The van der Waals surface area contributed by atoms with E-state index in [1.54, 1.807) is 10.6 Å². The summed E-state index contributed by atoms with van der Waals surface area (Å²) in [6.45, 7) is 4.88. The van der Waals surface area contributed by atoms with Gasteiger partial charge in [-0.15, -0.1) is 0 Å². The van der Waals surface area contributed by atoms with Crippen molar-refractivity contribution in [1.82, 2.24) is 0 Å². The second-order valence-electron chi connectivity index (χ2n) is 4.99. The molecule has 0 amide bonds. The third-order valence-corrected chi connectivity index (χ3v) is 10.2. The van der Waals surface area contributed by atoms with E-state index < -0.39 is 4.25 Å². The number of hydrogen-bond acceptors (Lipinski definition) is 0. The van der Waals surface area contributed by atoms with Crippen molar-refractivity contribution >= 4 is 36.9 Å². The maximum absolute atomic E-state index is 2.71. The van der Waals surface area contributed by atoms with E-state index in [9.17, 15) is 0 Å². The number of halogens is 1. The monoisotopic (exact) mass is 340 g/mol. The second-order valence-corrected chi connectivity index (χ2v) is 18.6. The molecule has 0 aliphatic carbocycles. The van der Waals surface area contributed by atoms with Gasteiger partial charge >= 0.3 is 110 Å². The van der Waals surface area contributed by atoms with Crippen molar-refractivity contribution in [3.05, 3.63) is 48.5 Å². The molecular formula is C14H14IP. The Morgan fingerprint density at radius 1 is 0.750 bits per heavy atom. The molecule has 0 N–H and O–H groups in total. The summed E-state index contributed by atoms with van der Waals surface area (Å²) in [7, 11) is 0. The normalized spacial score (nSPS) is 21.6. The van der Waals surface area contributed by atoms with Crippen LogP contribution in [0.15, 0.2) is 48.5 Å². The molecule has 0 saturated carbocycles. The third-order valence-electron chi connectivity index (χ3n) is 3.48. The molecule has 82 valence electrons. The number of hydrogen-bond donors (Lipinski definition) is 0. The Labute approximate surface area is 109 Å². The quantitative estimate of drug-likeness (QED) is 0.506. The predicted molar refractivity (Wildman–Crippen MR) is 83.9 cm³/mol. The van der Waals surface area contributed by atoms with E-state index in [-0.39, 0.29) is 0 Å². The van der Waals surface area contributed by atoms with Crippen LogP contribution in [0.1, 0.15) is 0 Å².